The minimum absolute atomic E-state index is 0.342. The quantitative estimate of drug-likeness (QED) is 0.485. The second-order valence-electron chi connectivity index (χ2n) is 4.85. The van der Waals surface area contributed by atoms with Crippen LogP contribution in [0.2, 0.25) is 0 Å². The summed E-state index contributed by atoms with van der Waals surface area (Å²) in [6.07, 6.45) is 0. The molecule has 0 aromatic heterocycles. The average molecular weight is 257 g/mol. The van der Waals surface area contributed by atoms with Gasteiger partial charge in [-0.15, -0.1) is 0 Å². The zero-order valence-corrected chi connectivity index (χ0v) is 11.1. The van der Waals surface area contributed by atoms with Crippen LogP contribution in [0.25, 0.3) is 11.1 Å². The van der Waals surface area contributed by atoms with Gasteiger partial charge in [0, 0.05) is 16.8 Å². The highest BCUT2D eigenvalue weighted by Gasteiger charge is 2.24. The van der Waals surface area contributed by atoms with Gasteiger partial charge in [-0.1, -0.05) is 30.3 Å². The molecule has 4 nitrogen and oxygen atoms in total. The van der Waals surface area contributed by atoms with Crippen LogP contribution in [0, 0.1) is 13.8 Å². The van der Waals surface area contributed by atoms with Crippen LogP contribution in [0.3, 0.4) is 0 Å². The fourth-order valence-corrected chi connectivity index (χ4v) is 2.24. The fourth-order valence-electron chi connectivity index (χ4n) is 2.24. The van der Waals surface area contributed by atoms with Crippen molar-refractivity contribution in [3.05, 3.63) is 53.1 Å². The second kappa shape index (κ2) is 4.66. The lowest BCUT2D eigenvalue weighted by molar-refractivity contribution is 0.0516. The topological polar surface area (TPSA) is 98.3 Å². The standard InChI is InChI=1S/C15H19N3O/c1-9-8-12(15(17,18)19)14(16)13(10(9)2)11-6-4-3-5-7-11/h3-8,19H,16-18H2,1-2H3. The lowest BCUT2D eigenvalue weighted by Crippen LogP contribution is -2.46. The van der Waals surface area contributed by atoms with Crippen LogP contribution in [-0.4, -0.2) is 5.11 Å². The minimum Gasteiger partial charge on any atom is -0.398 e. The molecule has 0 amide bonds. The molecule has 0 saturated carbocycles. The summed E-state index contributed by atoms with van der Waals surface area (Å²) in [5.74, 6) is -1.94. The molecule has 0 aliphatic rings. The molecule has 0 fully saturated rings. The predicted molar refractivity (Wildman–Crippen MR) is 78.0 cm³/mol. The molecule has 0 bridgehead atoms. The van der Waals surface area contributed by atoms with Gasteiger partial charge in [0.2, 0.25) is 0 Å². The van der Waals surface area contributed by atoms with E-state index in [0.29, 0.717) is 11.3 Å². The number of benzene rings is 2. The number of aryl methyl sites for hydroxylation is 1. The average Bonchev–Trinajstić information content (AvgIpc) is 2.34. The van der Waals surface area contributed by atoms with E-state index in [-0.39, 0.29) is 0 Å². The van der Waals surface area contributed by atoms with Crippen LogP contribution in [0.4, 0.5) is 5.69 Å². The Morgan fingerprint density at radius 1 is 1.05 bits per heavy atom. The van der Waals surface area contributed by atoms with E-state index >= 15 is 0 Å². The summed E-state index contributed by atoms with van der Waals surface area (Å²) in [5, 5.41) is 9.83. The van der Waals surface area contributed by atoms with E-state index in [1.165, 1.54) is 0 Å². The Hall–Kier alpha value is -1.88. The molecule has 0 aliphatic heterocycles. The minimum atomic E-state index is -1.94. The van der Waals surface area contributed by atoms with Gasteiger partial charge < -0.3 is 10.8 Å². The van der Waals surface area contributed by atoms with E-state index in [9.17, 15) is 5.11 Å². The van der Waals surface area contributed by atoms with Crippen LogP contribution in [-0.2, 0) is 5.85 Å². The van der Waals surface area contributed by atoms with Crippen molar-refractivity contribution in [2.75, 3.05) is 5.73 Å². The molecular weight excluding hydrogens is 238 g/mol. The number of nitrogens with two attached hydrogens (primary N) is 3. The third kappa shape index (κ3) is 2.46. The summed E-state index contributed by atoms with van der Waals surface area (Å²) in [6.45, 7) is 3.93. The molecule has 0 radical (unpaired) electrons. The second-order valence-corrected chi connectivity index (χ2v) is 4.85. The maximum atomic E-state index is 9.83. The van der Waals surface area contributed by atoms with E-state index < -0.39 is 5.85 Å². The summed E-state index contributed by atoms with van der Waals surface area (Å²) < 4.78 is 0. The number of hydrogen-bond acceptors (Lipinski definition) is 4. The largest absolute Gasteiger partial charge is 0.398 e. The van der Waals surface area contributed by atoms with Crippen molar-refractivity contribution in [1.29, 1.82) is 0 Å². The van der Waals surface area contributed by atoms with Gasteiger partial charge in [-0.2, -0.15) is 0 Å². The monoisotopic (exact) mass is 257 g/mol. The fraction of sp³-hybridized carbons (Fsp3) is 0.200. The summed E-state index contributed by atoms with van der Waals surface area (Å²) in [7, 11) is 0. The molecule has 19 heavy (non-hydrogen) atoms. The van der Waals surface area contributed by atoms with Gasteiger partial charge in [-0.25, -0.2) is 0 Å². The summed E-state index contributed by atoms with van der Waals surface area (Å²) in [5.41, 5.74) is 21.9. The first kappa shape index (κ1) is 13.5. The Labute approximate surface area is 112 Å². The van der Waals surface area contributed by atoms with Gasteiger partial charge in [0.15, 0.2) is 5.85 Å². The Morgan fingerprint density at radius 2 is 1.63 bits per heavy atom. The highest BCUT2D eigenvalue weighted by molar-refractivity contribution is 5.83. The lowest BCUT2D eigenvalue weighted by Gasteiger charge is -2.24. The molecule has 7 N–H and O–H groups in total. The van der Waals surface area contributed by atoms with E-state index in [0.717, 1.165) is 22.3 Å². The van der Waals surface area contributed by atoms with E-state index in [2.05, 4.69) is 0 Å². The molecule has 0 atom stereocenters. The van der Waals surface area contributed by atoms with Crippen molar-refractivity contribution in [3.63, 3.8) is 0 Å². The van der Waals surface area contributed by atoms with Crippen LogP contribution in [0.1, 0.15) is 16.7 Å². The molecule has 4 heteroatoms. The van der Waals surface area contributed by atoms with Crippen LogP contribution < -0.4 is 17.2 Å². The van der Waals surface area contributed by atoms with Gasteiger partial charge in [0.25, 0.3) is 0 Å². The Balaban J connectivity index is 2.77. The number of hydrogen-bond donors (Lipinski definition) is 4. The normalized spacial score (nSPS) is 11.6. The maximum absolute atomic E-state index is 9.83. The van der Waals surface area contributed by atoms with E-state index in [4.69, 9.17) is 17.2 Å². The molecule has 0 saturated heterocycles. The first-order valence-electron chi connectivity index (χ1n) is 6.08. The van der Waals surface area contributed by atoms with Gasteiger partial charge in [0.05, 0.1) is 0 Å². The van der Waals surface area contributed by atoms with E-state index in [1.54, 1.807) is 6.07 Å². The summed E-state index contributed by atoms with van der Waals surface area (Å²) >= 11 is 0. The summed E-state index contributed by atoms with van der Waals surface area (Å²) in [6, 6.07) is 11.5. The lowest BCUT2D eigenvalue weighted by atomic mass is 9.90. The Kier molecular flexibility index (Phi) is 3.32. The molecule has 2 aromatic rings. The predicted octanol–water partition coefficient (Wildman–Crippen LogP) is 1.57. The van der Waals surface area contributed by atoms with Crippen molar-refractivity contribution in [2.24, 2.45) is 11.5 Å². The van der Waals surface area contributed by atoms with E-state index in [1.807, 2.05) is 44.2 Å². The molecule has 0 heterocycles. The summed E-state index contributed by atoms with van der Waals surface area (Å²) in [4.78, 5) is 0. The molecular formula is C15H19N3O. The van der Waals surface area contributed by atoms with Crippen molar-refractivity contribution < 1.29 is 5.11 Å². The number of rotatable bonds is 2. The third-order valence-corrected chi connectivity index (χ3v) is 3.38. The van der Waals surface area contributed by atoms with Gasteiger partial charge in [-0.05, 0) is 36.6 Å². The number of anilines is 1. The smallest absolute Gasteiger partial charge is 0.196 e. The molecule has 0 aliphatic carbocycles. The van der Waals surface area contributed by atoms with Crippen molar-refractivity contribution in [3.8, 4) is 11.1 Å². The molecule has 2 aromatic carbocycles. The van der Waals surface area contributed by atoms with Crippen molar-refractivity contribution >= 4 is 5.69 Å². The SMILES string of the molecule is Cc1cc(C(N)(N)O)c(N)c(-c2ccccc2)c1C. The molecule has 0 spiro atoms. The van der Waals surface area contributed by atoms with Gasteiger partial charge in [0.1, 0.15) is 0 Å². The first-order chi connectivity index (χ1) is 8.82. The highest BCUT2D eigenvalue weighted by atomic mass is 16.3. The van der Waals surface area contributed by atoms with Gasteiger partial charge >= 0.3 is 0 Å². The Bertz CT molecular complexity index is 601. The Morgan fingerprint density at radius 3 is 2.16 bits per heavy atom. The molecule has 2 rings (SSSR count). The van der Waals surface area contributed by atoms with Gasteiger partial charge in [-0.3, -0.25) is 11.5 Å². The third-order valence-electron chi connectivity index (χ3n) is 3.38. The highest BCUT2D eigenvalue weighted by Crippen LogP contribution is 2.36. The number of nitrogen functional groups attached to an aromatic ring is 1. The first-order valence-corrected chi connectivity index (χ1v) is 6.08. The van der Waals surface area contributed by atoms with Crippen molar-refractivity contribution in [1.82, 2.24) is 0 Å². The van der Waals surface area contributed by atoms with Crippen LogP contribution >= 0.6 is 0 Å². The zero-order valence-electron chi connectivity index (χ0n) is 11.1. The molecule has 0 unspecified atom stereocenters. The van der Waals surface area contributed by atoms with Crippen LogP contribution in [0.5, 0.6) is 0 Å². The van der Waals surface area contributed by atoms with Crippen molar-refractivity contribution in [2.45, 2.75) is 19.7 Å². The zero-order chi connectivity index (χ0) is 14.2. The molecule has 100 valence electrons. The maximum Gasteiger partial charge on any atom is 0.196 e. The van der Waals surface area contributed by atoms with Crippen LogP contribution in [0.15, 0.2) is 36.4 Å². The number of aliphatic hydroxyl groups is 1.